The van der Waals surface area contributed by atoms with Crippen LogP contribution in [-0.4, -0.2) is 17.8 Å². The average Bonchev–Trinajstić information content (AvgIpc) is 2.85. The molecule has 5 rings (SSSR count). The number of carbonyl (C=O) groups excluding carboxylic acids is 3. The lowest BCUT2D eigenvalue weighted by molar-refractivity contribution is -0.122. The third kappa shape index (κ3) is 5.01. The van der Waals surface area contributed by atoms with E-state index in [4.69, 9.17) is 27.9 Å². The summed E-state index contributed by atoms with van der Waals surface area (Å²) in [6.07, 6.45) is 1.35. The van der Waals surface area contributed by atoms with Gasteiger partial charge in [-0.05, 0) is 77.2 Å². The van der Waals surface area contributed by atoms with Gasteiger partial charge in [0.05, 0.1) is 15.7 Å². The Morgan fingerprint density at radius 3 is 2.24 bits per heavy atom. The molecule has 1 aliphatic rings. The first-order valence-electron chi connectivity index (χ1n) is 11.8. The van der Waals surface area contributed by atoms with Crippen molar-refractivity contribution in [1.82, 2.24) is 5.32 Å². The van der Waals surface area contributed by atoms with Crippen molar-refractivity contribution >= 4 is 63.6 Å². The number of rotatable bonds is 5. The molecule has 1 N–H and O–H groups in total. The maximum absolute atomic E-state index is 13.3. The van der Waals surface area contributed by atoms with Gasteiger partial charge in [0, 0.05) is 0 Å². The van der Waals surface area contributed by atoms with Crippen LogP contribution in [0, 0.1) is 13.8 Å². The van der Waals surface area contributed by atoms with Gasteiger partial charge in [-0.3, -0.25) is 14.9 Å². The zero-order valence-corrected chi connectivity index (χ0v) is 22.1. The molecule has 4 amide bonds. The fourth-order valence-electron chi connectivity index (χ4n) is 4.51. The highest BCUT2D eigenvalue weighted by Gasteiger charge is 2.37. The lowest BCUT2D eigenvalue weighted by Gasteiger charge is -2.27. The van der Waals surface area contributed by atoms with E-state index in [-0.39, 0.29) is 28.0 Å². The van der Waals surface area contributed by atoms with E-state index in [0.717, 1.165) is 32.4 Å². The molecule has 38 heavy (non-hydrogen) atoms. The summed E-state index contributed by atoms with van der Waals surface area (Å²) < 4.78 is 5.98. The molecule has 190 valence electrons. The molecule has 1 saturated heterocycles. The maximum atomic E-state index is 13.3. The van der Waals surface area contributed by atoms with Gasteiger partial charge >= 0.3 is 6.03 Å². The lowest BCUT2D eigenvalue weighted by Crippen LogP contribution is -2.54. The zero-order valence-electron chi connectivity index (χ0n) is 20.5. The minimum Gasteiger partial charge on any atom is -0.486 e. The number of hydrogen-bond acceptors (Lipinski definition) is 4. The molecule has 1 fully saturated rings. The summed E-state index contributed by atoms with van der Waals surface area (Å²) in [6.45, 7) is 3.96. The van der Waals surface area contributed by atoms with E-state index in [9.17, 15) is 14.4 Å². The van der Waals surface area contributed by atoms with Crippen molar-refractivity contribution < 1.29 is 19.1 Å². The van der Waals surface area contributed by atoms with Crippen LogP contribution in [-0.2, 0) is 16.2 Å². The summed E-state index contributed by atoms with van der Waals surface area (Å²) in [5.41, 5.74) is 3.28. The molecule has 0 radical (unpaired) electrons. The number of barbiturate groups is 1. The van der Waals surface area contributed by atoms with E-state index >= 15 is 0 Å². The number of aryl methyl sites for hydroxylation is 2. The van der Waals surface area contributed by atoms with Crippen molar-refractivity contribution in [3.63, 3.8) is 0 Å². The van der Waals surface area contributed by atoms with Gasteiger partial charge in [0.15, 0.2) is 5.75 Å². The van der Waals surface area contributed by atoms with Crippen LogP contribution in [0.5, 0.6) is 5.75 Å². The Hall–Kier alpha value is -4.13. The summed E-state index contributed by atoms with van der Waals surface area (Å²) in [4.78, 5) is 39.3. The largest absolute Gasteiger partial charge is 0.486 e. The molecular weight excluding hydrogens is 523 g/mol. The highest BCUT2D eigenvalue weighted by molar-refractivity contribution is 6.40. The summed E-state index contributed by atoms with van der Waals surface area (Å²) in [6, 6.07) is 21.6. The fraction of sp³-hybridized carbons (Fsp3) is 0.100. The van der Waals surface area contributed by atoms with Gasteiger partial charge in [-0.1, -0.05) is 71.7 Å². The number of hydrogen-bond donors (Lipinski definition) is 1. The number of benzene rings is 4. The Labute approximate surface area is 229 Å². The molecule has 0 unspecified atom stereocenters. The van der Waals surface area contributed by atoms with Gasteiger partial charge in [-0.2, -0.15) is 0 Å². The monoisotopic (exact) mass is 544 g/mol. The first-order chi connectivity index (χ1) is 18.2. The Morgan fingerprint density at radius 2 is 1.53 bits per heavy atom. The van der Waals surface area contributed by atoms with Crippen molar-refractivity contribution in [3.05, 3.63) is 111 Å². The molecule has 8 heteroatoms. The molecule has 0 spiro atoms. The number of fused-ring (bicyclic) bond motifs is 1. The number of urea groups is 1. The van der Waals surface area contributed by atoms with Crippen LogP contribution >= 0.6 is 23.2 Å². The van der Waals surface area contributed by atoms with Crippen LogP contribution in [0.3, 0.4) is 0 Å². The van der Waals surface area contributed by atoms with Gasteiger partial charge in [0.2, 0.25) is 0 Å². The Balaban J connectivity index is 1.43. The third-order valence-electron chi connectivity index (χ3n) is 6.15. The zero-order chi connectivity index (χ0) is 27.0. The summed E-state index contributed by atoms with van der Waals surface area (Å²) in [7, 11) is 0. The number of anilines is 1. The fourth-order valence-corrected chi connectivity index (χ4v) is 5.12. The van der Waals surface area contributed by atoms with Gasteiger partial charge in [0.25, 0.3) is 11.8 Å². The maximum Gasteiger partial charge on any atom is 0.335 e. The molecule has 0 aliphatic carbocycles. The lowest BCUT2D eigenvalue weighted by atomic mass is 10.0. The number of halogens is 2. The second kappa shape index (κ2) is 10.3. The quantitative estimate of drug-likeness (QED) is 0.216. The molecule has 0 atom stereocenters. The number of amides is 4. The van der Waals surface area contributed by atoms with Crippen molar-refractivity contribution in [2.45, 2.75) is 20.5 Å². The number of nitrogens with one attached hydrogen (secondary N) is 1. The Kier molecular flexibility index (Phi) is 6.93. The molecule has 1 heterocycles. The topological polar surface area (TPSA) is 75.7 Å². The summed E-state index contributed by atoms with van der Waals surface area (Å²) >= 11 is 13.0. The van der Waals surface area contributed by atoms with Gasteiger partial charge < -0.3 is 4.74 Å². The molecule has 6 nitrogen and oxygen atoms in total. The predicted molar refractivity (Wildman–Crippen MR) is 150 cm³/mol. The Morgan fingerprint density at radius 1 is 0.868 bits per heavy atom. The number of carbonyl (C=O) groups is 3. The molecule has 4 aromatic carbocycles. The van der Waals surface area contributed by atoms with Crippen LogP contribution in [0.25, 0.3) is 16.8 Å². The second-order valence-electron chi connectivity index (χ2n) is 9.04. The number of imide groups is 2. The highest BCUT2D eigenvalue weighted by Crippen LogP contribution is 2.36. The minimum atomic E-state index is -0.810. The summed E-state index contributed by atoms with van der Waals surface area (Å²) in [5, 5.41) is 4.82. The molecule has 1 aliphatic heterocycles. The van der Waals surface area contributed by atoms with E-state index in [1.54, 1.807) is 24.3 Å². The van der Waals surface area contributed by atoms with E-state index in [0.29, 0.717) is 11.3 Å². The van der Waals surface area contributed by atoms with E-state index in [1.807, 2.05) is 62.4 Å². The van der Waals surface area contributed by atoms with E-state index < -0.39 is 17.8 Å². The average molecular weight is 545 g/mol. The molecule has 0 aromatic heterocycles. The molecule has 4 aromatic rings. The highest BCUT2D eigenvalue weighted by atomic mass is 35.5. The van der Waals surface area contributed by atoms with E-state index in [2.05, 4.69) is 5.32 Å². The van der Waals surface area contributed by atoms with Crippen LogP contribution < -0.4 is 15.0 Å². The molecular formula is C30H22Cl2N2O4. The molecule has 0 saturated carbocycles. The van der Waals surface area contributed by atoms with Crippen LogP contribution in [0.2, 0.25) is 10.0 Å². The minimum absolute atomic E-state index is 0.218. The Bertz CT molecular complexity index is 1610. The van der Waals surface area contributed by atoms with E-state index in [1.165, 1.54) is 6.08 Å². The van der Waals surface area contributed by atoms with Gasteiger partial charge in [-0.15, -0.1) is 0 Å². The number of ether oxygens (including phenoxy) is 1. The smallest absolute Gasteiger partial charge is 0.335 e. The summed E-state index contributed by atoms with van der Waals surface area (Å²) in [5.74, 6) is -1.26. The van der Waals surface area contributed by atoms with Crippen molar-refractivity contribution in [3.8, 4) is 5.75 Å². The van der Waals surface area contributed by atoms with Crippen LogP contribution in [0.15, 0.2) is 78.4 Å². The predicted octanol–water partition coefficient (Wildman–Crippen LogP) is 7.01. The second-order valence-corrected chi connectivity index (χ2v) is 9.86. The number of nitrogens with zero attached hydrogens (tertiary/aromatic N) is 1. The first-order valence-corrected chi connectivity index (χ1v) is 12.5. The van der Waals surface area contributed by atoms with Crippen molar-refractivity contribution in [2.24, 2.45) is 0 Å². The third-order valence-corrected chi connectivity index (χ3v) is 6.71. The van der Waals surface area contributed by atoms with Gasteiger partial charge in [-0.25, -0.2) is 9.69 Å². The normalized spacial score (nSPS) is 14.8. The van der Waals surface area contributed by atoms with Crippen LogP contribution in [0.4, 0.5) is 10.5 Å². The van der Waals surface area contributed by atoms with Crippen molar-refractivity contribution in [2.75, 3.05) is 4.90 Å². The van der Waals surface area contributed by atoms with Crippen molar-refractivity contribution in [1.29, 1.82) is 0 Å². The van der Waals surface area contributed by atoms with Gasteiger partial charge in [0.1, 0.15) is 12.2 Å². The van der Waals surface area contributed by atoms with Crippen LogP contribution in [0.1, 0.15) is 22.3 Å². The SMILES string of the molecule is Cc1cc(C)cc(N2C(=O)NC(=O)/C(=C\c3cc(Cl)c(OCc4cccc5ccccc45)c(Cl)c3)C2=O)c1. The standard InChI is InChI=1S/C30H22Cl2N2O4/c1-17-10-18(2)12-22(11-17)34-29(36)24(28(35)33-30(34)37)13-19-14-25(31)27(26(32)15-19)38-16-21-8-5-7-20-6-3-4-9-23(20)21/h3-15H,16H2,1-2H3,(H,33,35,37)/b24-13+. The first kappa shape index (κ1) is 25.5. The molecule has 0 bridgehead atoms.